The Morgan fingerprint density at radius 1 is 1.10 bits per heavy atom. The van der Waals surface area contributed by atoms with Crippen LogP contribution in [0.15, 0.2) is 52.9 Å². The number of benzene rings is 2. The van der Waals surface area contributed by atoms with Crippen molar-refractivity contribution in [3.63, 3.8) is 0 Å². The van der Waals surface area contributed by atoms with Crippen LogP contribution in [0.25, 0.3) is 11.5 Å². The monoisotopic (exact) mass is 285 g/mol. The second-order valence-corrected chi connectivity index (χ2v) is 4.35. The van der Waals surface area contributed by atoms with Crippen molar-refractivity contribution < 1.29 is 13.5 Å². The second-order valence-electron chi connectivity index (χ2n) is 4.35. The largest absolute Gasteiger partial charge is 0.481 e. The molecule has 3 rings (SSSR count). The first-order chi connectivity index (χ1) is 10.2. The standard InChI is InChI=1S/C15H12FN3O2/c16-12-6-1-2-7-13(12)20-9-14-18-19-15(21-14)10-4-3-5-11(17)8-10/h1-8H,9,17H2. The molecule has 0 radical (unpaired) electrons. The number of nitrogen functional groups attached to an aromatic ring is 1. The van der Waals surface area contributed by atoms with Gasteiger partial charge in [0, 0.05) is 11.3 Å². The highest BCUT2D eigenvalue weighted by atomic mass is 19.1. The average Bonchev–Trinajstić information content (AvgIpc) is 2.95. The van der Waals surface area contributed by atoms with E-state index < -0.39 is 5.82 Å². The van der Waals surface area contributed by atoms with E-state index in [9.17, 15) is 4.39 Å². The molecule has 1 heterocycles. The Balaban J connectivity index is 1.72. The van der Waals surface area contributed by atoms with Gasteiger partial charge in [-0.25, -0.2) is 4.39 Å². The third-order valence-corrected chi connectivity index (χ3v) is 2.79. The van der Waals surface area contributed by atoms with Gasteiger partial charge in [0.25, 0.3) is 5.89 Å². The van der Waals surface area contributed by atoms with E-state index in [0.29, 0.717) is 11.6 Å². The number of hydrogen-bond donors (Lipinski definition) is 1. The van der Waals surface area contributed by atoms with Gasteiger partial charge in [-0.05, 0) is 30.3 Å². The van der Waals surface area contributed by atoms with Crippen LogP contribution in [0.5, 0.6) is 5.75 Å². The highest BCUT2D eigenvalue weighted by Gasteiger charge is 2.10. The highest BCUT2D eigenvalue weighted by molar-refractivity contribution is 5.59. The minimum absolute atomic E-state index is 0.00372. The van der Waals surface area contributed by atoms with Gasteiger partial charge in [0.2, 0.25) is 5.89 Å². The number of anilines is 1. The molecule has 1 aromatic heterocycles. The Labute approximate surface area is 120 Å². The summed E-state index contributed by atoms with van der Waals surface area (Å²) in [5.74, 6) is 0.305. The van der Waals surface area contributed by atoms with Crippen molar-refractivity contribution in [2.45, 2.75) is 6.61 Å². The van der Waals surface area contributed by atoms with Crippen molar-refractivity contribution >= 4 is 5.69 Å². The zero-order valence-corrected chi connectivity index (χ0v) is 11.0. The Kier molecular flexibility index (Phi) is 3.51. The number of halogens is 1. The molecule has 2 N–H and O–H groups in total. The summed E-state index contributed by atoms with van der Waals surface area (Å²) in [6.07, 6.45) is 0. The predicted molar refractivity (Wildman–Crippen MR) is 74.9 cm³/mol. The summed E-state index contributed by atoms with van der Waals surface area (Å²) in [5.41, 5.74) is 7.03. The molecule has 3 aromatic rings. The SMILES string of the molecule is Nc1cccc(-c2nnc(COc3ccccc3F)o2)c1. The fourth-order valence-corrected chi connectivity index (χ4v) is 1.80. The second kappa shape index (κ2) is 5.62. The number of nitrogens with zero attached hydrogens (tertiary/aromatic N) is 2. The lowest BCUT2D eigenvalue weighted by atomic mass is 10.2. The van der Waals surface area contributed by atoms with Gasteiger partial charge in [0.1, 0.15) is 0 Å². The molecule has 0 unspecified atom stereocenters. The molecule has 5 nitrogen and oxygen atoms in total. The van der Waals surface area contributed by atoms with Gasteiger partial charge in [0.15, 0.2) is 18.2 Å². The van der Waals surface area contributed by atoms with Gasteiger partial charge in [-0.15, -0.1) is 10.2 Å². The van der Waals surface area contributed by atoms with E-state index in [0.717, 1.165) is 5.56 Å². The topological polar surface area (TPSA) is 74.2 Å². The maximum atomic E-state index is 13.4. The number of ether oxygens (including phenoxy) is 1. The van der Waals surface area contributed by atoms with Gasteiger partial charge < -0.3 is 14.9 Å². The quantitative estimate of drug-likeness (QED) is 0.746. The van der Waals surface area contributed by atoms with Crippen LogP contribution < -0.4 is 10.5 Å². The van der Waals surface area contributed by atoms with E-state index in [4.69, 9.17) is 14.9 Å². The maximum absolute atomic E-state index is 13.4. The molecule has 0 aliphatic rings. The lowest BCUT2D eigenvalue weighted by Crippen LogP contribution is -1.97. The van der Waals surface area contributed by atoms with E-state index in [2.05, 4.69) is 10.2 Å². The molecule has 21 heavy (non-hydrogen) atoms. The predicted octanol–water partition coefficient (Wildman–Crippen LogP) is 3.04. The molecule has 0 aliphatic carbocycles. The minimum atomic E-state index is -0.437. The number of hydrogen-bond acceptors (Lipinski definition) is 5. The summed E-state index contributed by atoms with van der Waals surface area (Å²) in [4.78, 5) is 0. The first kappa shape index (κ1) is 13.1. The average molecular weight is 285 g/mol. The van der Waals surface area contributed by atoms with Crippen molar-refractivity contribution in [3.8, 4) is 17.2 Å². The molecule has 106 valence electrons. The van der Waals surface area contributed by atoms with E-state index in [1.807, 2.05) is 6.07 Å². The van der Waals surface area contributed by atoms with Gasteiger partial charge in [-0.2, -0.15) is 0 Å². The van der Waals surface area contributed by atoms with Gasteiger partial charge in [-0.1, -0.05) is 18.2 Å². The molecule has 0 spiro atoms. The fourth-order valence-electron chi connectivity index (χ4n) is 1.80. The van der Waals surface area contributed by atoms with Crippen LogP contribution in [0, 0.1) is 5.82 Å². The normalized spacial score (nSPS) is 10.5. The molecule has 6 heteroatoms. The van der Waals surface area contributed by atoms with Crippen LogP contribution >= 0.6 is 0 Å². The first-order valence-corrected chi connectivity index (χ1v) is 6.28. The zero-order valence-electron chi connectivity index (χ0n) is 11.0. The van der Waals surface area contributed by atoms with Gasteiger partial charge >= 0.3 is 0 Å². The first-order valence-electron chi connectivity index (χ1n) is 6.28. The van der Waals surface area contributed by atoms with Crippen LogP contribution in [-0.2, 0) is 6.61 Å². The number of nitrogens with two attached hydrogens (primary N) is 1. The summed E-state index contributed by atoms with van der Waals surface area (Å²) in [7, 11) is 0. The summed E-state index contributed by atoms with van der Waals surface area (Å²) >= 11 is 0. The van der Waals surface area contributed by atoms with Crippen LogP contribution in [-0.4, -0.2) is 10.2 Å². The number of para-hydroxylation sites is 1. The molecule has 0 saturated heterocycles. The number of rotatable bonds is 4. The van der Waals surface area contributed by atoms with Crippen LogP contribution in [0.4, 0.5) is 10.1 Å². The van der Waals surface area contributed by atoms with Gasteiger partial charge in [0.05, 0.1) is 0 Å². The molecular weight excluding hydrogens is 273 g/mol. The molecule has 0 aliphatic heterocycles. The third-order valence-electron chi connectivity index (χ3n) is 2.79. The van der Waals surface area contributed by atoms with Crippen molar-refractivity contribution in [2.24, 2.45) is 0 Å². The molecule has 0 bridgehead atoms. The van der Waals surface area contributed by atoms with Crippen LogP contribution in [0.2, 0.25) is 0 Å². The van der Waals surface area contributed by atoms with Crippen molar-refractivity contribution in [1.82, 2.24) is 10.2 Å². The van der Waals surface area contributed by atoms with Crippen LogP contribution in [0.3, 0.4) is 0 Å². The molecule has 0 amide bonds. The Morgan fingerprint density at radius 2 is 1.95 bits per heavy atom. The summed E-state index contributed by atoms with van der Waals surface area (Å²) in [6.45, 7) is -0.00372. The smallest absolute Gasteiger partial charge is 0.254 e. The van der Waals surface area contributed by atoms with E-state index >= 15 is 0 Å². The van der Waals surface area contributed by atoms with E-state index in [1.54, 1.807) is 30.3 Å². The van der Waals surface area contributed by atoms with E-state index in [1.165, 1.54) is 12.1 Å². The maximum Gasteiger partial charge on any atom is 0.254 e. The van der Waals surface area contributed by atoms with Gasteiger partial charge in [-0.3, -0.25) is 0 Å². The third kappa shape index (κ3) is 3.00. The Bertz CT molecular complexity index is 758. The molecule has 2 aromatic carbocycles. The molecule has 0 saturated carbocycles. The van der Waals surface area contributed by atoms with Crippen LogP contribution in [0.1, 0.15) is 5.89 Å². The van der Waals surface area contributed by atoms with Crippen molar-refractivity contribution in [2.75, 3.05) is 5.73 Å². The van der Waals surface area contributed by atoms with Crippen molar-refractivity contribution in [3.05, 3.63) is 60.2 Å². The summed E-state index contributed by atoms with van der Waals surface area (Å²) < 4.78 is 24.2. The molecule has 0 fully saturated rings. The highest BCUT2D eigenvalue weighted by Crippen LogP contribution is 2.21. The van der Waals surface area contributed by atoms with Crippen molar-refractivity contribution in [1.29, 1.82) is 0 Å². The molecule has 0 atom stereocenters. The fraction of sp³-hybridized carbons (Fsp3) is 0.0667. The lowest BCUT2D eigenvalue weighted by Gasteiger charge is -2.03. The minimum Gasteiger partial charge on any atom is -0.481 e. The Hall–Kier alpha value is -2.89. The number of aromatic nitrogens is 2. The summed E-state index contributed by atoms with van der Waals surface area (Å²) in [5, 5.41) is 7.78. The summed E-state index contributed by atoms with van der Waals surface area (Å²) in [6, 6.07) is 13.2. The zero-order chi connectivity index (χ0) is 14.7. The van der Waals surface area contributed by atoms with E-state index in [-0.39, 0.29) is 18.2 Å². The molecular formula is C15H12FN3O2. The lowest BCUT2D eigenvalue weighted by molar-refractivity contribution is 0.253. The Morgan fingerprint density at radius 3 is 2.76 bits per heavy atom.